The van der Waals surface area contributed by atoms with Crippen LogP contribution in [0.2, 0.25) is 0 Å². The van der Waals surface area contributed by atoms with Crippen LogP contribution in [0, 0.1) is 11.8 Å². The van der Waals surface area contributed by atoms with E-state index in [9.17, 15) is 0 Å². The number of piperidine rings is 2. The standard InChI is InChI=1S/C23H34N2/c1-2-8-19(9-3-1)24-20-15-21-10-5-11-22(16-20)25(21)23-13-17-6-4-7-18(12-17)14-23/h1-3,8-9,17-18,20-24H,4-7,10-16H2/t17-,18+,20-,21-,22+,23-. The van der Waals surface area contributed by atoms with Gasteiger partial charge in [-0.15, -0.1) is 0 Å². The maximum absolute atomic E-state index is 3.85. The molecule has 4 bridgehead atoms. The number of nitrogens with one attached hydrogen (secondary N) is 1. The maximum atomic E-state index is 3.85. The Hall–Kier alpha value is -1.02. The van der Waals surface area contributed by atoms with Gasteiger partial charge < -0.3 is 5.32 Å². The number of anilines is 1. The molecule has 5 rings (SSSR count). The van der Waals surface area contributed by atoms with Gasteiger partial charge in [-0.05, 0) is 68.9 Å². The molecule has 1 aromatic carbocycles. The van der Waals surface area contributed by atoms with E-state index in [1.54, 1.807) is 6.42 Å². The summed E-state index contributed by atoms with van der Waals surface area (Å²) in [5.74, 6) is 2.11. The van der Waals surface area contributed by atoms with Gasteiger partial charge in [-0.1, -0.05) is 43.9 Å². The highest BCUT2D eigenvalue weighted by Gasteiger charge is 2.44. The number of rotatable bonds is 3. The number of hydrogen-bond acceptors (Lipinski definition) is 2. The summed E-state index contributed by atoms with van der Waals surface area (Å²) in [6.45, 7) is 0. The van der Waals surface area contributed by atoms with E-state index >= 15 is 0 Å². The molecule has 0 aromatic heterocycles. The molecule has 4 aliphatic rings. The minimum absolute atomic E-state index is 0.678. The van der Waals surface area contributed by atoms with Crippen LogP contribution in [0.4, 0.5) is 5.69 Å². The number of nitrogens with zero attached hydrogens (tertiary/aromatic N) is 1. The minimum Gasteiger partial charge on any atom is -0.382 e. The summed E-state index contributed by atoms with van der Waals surface area (Å²) < 4.78 is 0. The Kier molecular flexibility index (Phi) is 4.49. The van der Waals surface area contributed by atoms with Crippen molar-refractivity contribution >= 4 is 5.69 Å². The molecule has 2 saturated heterocycles. The number of hydrogen-bond donors (Lipinski definition) is 1. The number of para-hydroxylation sites is 1. The normalized spacial score (nSPS) is 41.3. The Morgan fingerprint density at radius 1 is 0.680 bits per heavy atom. The average Bonchev–Trinajstić information content (AvgIpc) is 2.61. The second kappa shape index (κ2) is 6.95. The van der Waals surface area contributed by atoms with Gasteiger partial charge in [0.15, 0.2) is 0 Å². The molecular formula is C23H34N2. The van der Waals surface area contributed by atoms with Gasteiger partial charge in [0.2, 0.25) is 0 Å². The summed E-state index contributed by atoms with van der Waals surface area (Å²) in [6.07, 6.45) is 16.2. The van der Waals surface area contributed by atoms with E-state index < -0.39 is 0 Å². The Bertz CT molecular complexity index is 545. The molecule has 1 N–H and O–H groups in total. The molecule has 136 valence electrons. The van der Waals surface area contributed by atoms with Crippen LogP contribution in [0.15, 0.2) is 30.3 Å². The Balaban J connectivity index is 1.28. The van der Waals surface area contributed by atoms with Gasteiger partial charge in [0.1, 0.15) is 0 Å². The third-order valence-corrected chi connectivity index (χ3v) is 7.70. The van der Waals surface area contributed by atoms with Crippen molar-refractivity contribution in [2.75, 3.05) is 5.32 Å². The van der Waals surface area contributed by atoms with Gasteiger partial charge in [-0.2, -0.15) is 0 Å². The van der Waals surface area contributed by atoms with Crippen molar-refractivity contribution in [1.29, 1.82) is 0 Å². The molecule has 25 heavy (non-hydrogen) atoms. The summed E-state index contributed by atoms with van der Waals surface area (Å²) in [5, 5.41) is 3.85. The van der Waals surface area contributed by atoms with E-state index in [1.807, 2.05) is 0 Å². The molecule has 0 unspecified atom stereocenters. The molecule has 2 saturated carbocycles. The van der Waals surface area contributed by atoms with Gasteiger partial charge in [0.05, 0.1) is 0 Å². The number of benzene rings is 1. The molecule has 4 fully saturated rings. The summed E-state index contributed by atoms with van der Waals surface area (Å²) in [7, 11) is 0. The van der Waals surface area contributed by atoms with Crippen LogP contribution in [0.1, 0.15) is 70.6 Å². The molecule has 2 aliphatic heterocycles. The van der Waals surface area contributed by atoms with E-state index in [0.717, 1.165) is 30.0 Å². The molecule has 1 aromatic rings. The first-order valence-corrected chi connectivity index (χ1v) is 10.9. The van der Waals surface area contributed by atoms with E-state index in [0.29, 0.717) is 6.04 Å². The van der Waals surface area contributed by atoms with Crippen LogP contribution in [0.25, 0.3) is 0 Å². The SMILES string of the molecule is c1ccc(N[C@@H]2C[C@H]3CCC[C@@H](C2)N3[C@@H]2C[C@@H]3CCC[C@@H](C3)C2)cc1. The monoisotopic (exact) mass is 338 g/mol. The van der Waals surface area contributed by atoms with Gasteiger partial charge in [0.25, 0.3) is 0 Å². The Morgan fingerprint density at radius 2 is 1.32 bits per heavy atom. The molecule has 0 amide bonds. The smallest absolute Gasteiger partial charge is 0.0342 e. The van der Waals surface area contributed by atoms with Crippen LogP contribution in [0.3, 0.4) is 0 Å². The summed E-state index contributed by atoms with van der Waals surface area (Å²) >= 11 is 0. The van der Waals surface area contributed by atoms with E-state index in [4.69, 9.17) is 0 Å². The molecule has 0 spiro atoms. The molecule has 2 heteroatoms. The van der Waals surface area contributed by atoms with Crippen molar-refractivity contribution in [1.82, 2.24) is 4.90 Å². The molecule has 2 aliphatic carbocycles. The van der Waals surface area contributed by atoms with Crippen LogP contribution in [-0.4, -0.2) is 29.1 Å². The summed E-state index contributed by atoms with van der Waals surface area (Å²) in [4.78, 5) is 3.05. The zero-order valence-electron chi connectivity index (χ0n) is 15.6. The predicted molar refractivity (Wildman–Crippen MR) is 105 cm³/mol. The van der Waals surface area contributed by atoms with Crippen LogP contribution >= 0.6 is 0 Å². The fraction of sp³-hybridized carbons (Fsp3) is 0.739. The Labute approximate surface area is 153 Å². The van der Waals surface area contributed by atoms with Crippen molar-refractivity contribution in [2.24, 2.45) is 11.8 Å². The summed E-state index contributed by atoms with van der Waals surface area (Å²) in [5.41, 5.74) is 1.31. The predicted octanol–water partition coefficient (Wildman–Crippen LogP) is 5.45. The molecule has 2 heterocycles. The zero-order valence-corrected chi connectivity index (χ0v) is 15.6. The lowest BCUT2D eigenvalue weighted by molar-refractivity contribution is -0.0382. The molecule has 2 nitrogen and oxygen atoms in total. The van der Waals surface area contributed by atoms with Crippen LogP contribution in [0.5, 0.6) is 0 Å². The van der Waals surface area contributed by atoms with Crippen LogP contribution < -0.4 is 5.32 Å². The fourth-order valence-electron chi connectivity index (χ4n) is 6.84. The second-order valence-electron chi connectivity index (χ2n) is 9.39. The van der Waals surface area contributed by atoms with Crippen molar-refractivity contribution in [3.05, 3.63) is 30.3 Å². The first kappa shape index (κ1) is 16.2. The largest absolute Gasteiger partial charge is 0.382 e. The zero-order chi connectivity index (χ0) is 16.6. The van der Waals surface area contributed by atoms with Gasteiger partial charge >= 0.3 is 0 Å². The highest BCUT2D eigenvalue weighted by Crippen LogP contribution is 2.46. The number of fused-ring (bicyclic) bond motifs is 4. The highest BCUT2D eigenvalue weighted by molar-refractivity contribution is 5.43. The van der Waals surface area contributed by atoms with E-state index in [-0.39, 0.29) is 0 Å². The van der Waals surface area contributed by atoms with Crippen molar-refractivity contribution in [3.8, 4) is 0 Å². The van der Waals surface area contributed by atoms with Crippen molar-refractivity contribution in [2.45, 2.75) is 94.8 Å². The lowest BCUT2D eigenvalue weighted by Gasteiger charge is -2.55. The maximum Gasteiger partial charge on any atom is 0.0342 e. The molecule has 6 atom stereocenters. The molecule has 0 radical (unpaired) electrons. The highest BCUT2D eigenvalue weighted by atomic mass is 15.2. The van der Waals surface area contributed by atoms with E-state index in [2.05, 4.69) is 40.5 Å². The van der Waals surface area contributed by atoms with Crippen molar-refractivity contribution in [3.63, 3.8) is 0 Å². The van der Waals surface area contributed by atoms with E-state index in [1.165, 1.54) is 69.9 Å². The third kappa shape index (κ3) is 3.35. The fourth-order valence-corrected chi connectivity index (χ4v) is 6.84. The van der Waals surface area contributed by atoms with Gasteiger partial charge in [-0.3, -0.25) is 4.90 Å². The minimum atomic E-state index is 0.678. The van der Waals surface area contributed by atoms with Crippen molar-refractivity contribution < 1.29 is 0 Å². The lowest BCUT2D eigenvalue weighted by atomic mass is 9.68. The average molecular weight is 339 g/mol. The first-order chi connectivity index (χ1) is 12.3. The Morgan fingerprint density at radius 3 is 2.00 bits per heavy atom. The quantitative estimate of drug-likeness (QED) is 0.788. The molecular weight excluding hydrogens is 304 g/mol. The van der Waals surface area contributed by atoms with Gasteiger partial charge in [0, 0.05) is 29.9 Å². The van der Waals surface area contributed by atoms with Crippen LogP contribution in [-0.2, 0) is 0 Å². The first-order valence-electron chi connectivity index (χ1n) is 10.9. The van der Waals surface area contributed by atoms with Gasteiger partial charge in [-0.25, -0.2) is 0 Å². The third-order valence-electron chi connectivity index (χ3n) is 7.70. The summed E-state index contributed by atoms with van der Waals surface area (Å²) in [6, 6.07) is 14.2. The second-order valence-corrected chi connectivity index (χ2v) is 9.39. The lowest BCUT2D eigenvalue weighted by Crippen LogP contribution is -2.60. The topological polar surface area (TPSA) is 15.3 Å².